The molecule has 3 aromatic rings. The first kappa shape index (κ1) is 27.0. The molecule has 1 heterocycles. The lowest BCUT2D eigenvalue weighted by Crippen LogP contribution is -2.26. The van der Waals surface area contributed by atoms with E-state index in [0.29, 0.717) is 18.9 Å². The average Bonchev–Trinajstić information content (AvgIpc) is 3.51. The fraction of sp³-hybridized carbons (Fsp3) is 0.292. The molecule has 8 nitrogen and oxygen atoms in total. The Morgan fingerprint density at radius 1 is 1.16 bits per heavy atom. The number of aromatic nitrogens is 1. The van der Waals surface area contributed by atoms with Crippen molar-refractivity contribution < 1.29 is 36.3 Å². The van der Waals surface area contributed by atoms with Crippen molar-refractivity contribution in [2.24, 2.45) is 0 Å². The number of nitrogens with one attached hydrogen (secondary N) is 1. The number of carbonyl (C=O) groups is 2. The van der Waals surface area contributed by atoms with Gasteiger partial charge in [0.1, 0.15) is 5.82 Å². The van der Waals surface area contributed by atoms with Crippen molar-refractivity contribution in [1.82, 2.24) is 4.98 Å². The van der Waals surface area contributed by atoms with Crippen molar-refractivity contribution in [3.63, 3.8) is 0 Å². The molecule has 0 bridgehead atoms. The number of ether oxygens (including phenoxy) is 2. The lowest BCUT2D eigenvalue weighted by molar-refractivity contribution is -0.132. The van der Waals surface area contributed by atoms with E-state index in [0.717, 1.165) is 36.3 Å². The number of halogens is 3. The van der Waals surface area contributed by atoms with Gasteiger partial charge in [-0.25, -0.2) is 17.2 Å². The molecule has 0 saturated heterocycles. The summed E-state index contributed by atoms with van der Waals surface area (Å²) in [4.78, 5) is 28.2. The third kappa shape index (κ3) is 6.25. The fourth-order valence-corrected chi connectivity index (χ4v) is 6.97. The second-order valence-corrected chi connectivity index (χ2v) is 11.7. The number of hydrogen-bond donors (Lipinski definition) is 1. The van der Waals surface area contributed by atoms with E-state index in [-0.39, 0.29) is 26.5 Å². The number of esters is 1. The van der Waals surface area contributed by atoms with Gasteiger partial charge in [-0.2, -0.15) is 4.98 Å². The molecule has 1 amide bonds. The first-order valence-electron chi connectivity index (χ1n) is 11.1. The van der Waals surface area contributed by atoms with Crippen molar-refractivity contribution in [2.45, 2.75) is 48.9 Å². The lowest BCUT2D eigenvalue weighted by Gasteiger charge is -2.20. The van der Waals surface area contributed by atoms with Gasteiger partial charge in [0.2, 0.25) is 12.0 Å². The number of rotatable bonds is 8. The Balaban J connectivity index is 1.66. The van der Waals surface area contributed by atoms with Gasteiger partial charge in [-0.3, -0.25) is 14.9 Å². The summed E-state index contributed by atoms with van der Waals surface area (Å²) in [6.07, 6.45) is 1.19. The van der Waals surface area contributed by atoms with Crippen molar-refractivity contribution in [3.05, 3.63) is 64.0 Å². The van der Waals surface area contributed by atoms with Crippen molar-refractivity contribution in [1.29, 1.82) is 0 Å². The highest BCUT2D eigenvalue weighted by Crippen LogP contribution is 2.35. The van der Waals surface area contributed by atoms with Crippen LogP contribution in [0, 0.1) is 11.6 Å². The third-order valence-corrected chi connectivity index (χ3v) is 9.12. The van der Waals surface area contributed by atoms with Crippen LogP contribution in [0.4, 0.5) is 13.9 Å². The Kier molecular flexibility index (Phi) is 8.10. The average molecular weight is 571 g/mol. The quantitative estimate of drug-likeness (QED) is 0.357. The Hall–Kier alpha value is -3.09. The van der Waals surface area contributed by atoms with E-state index in [1.54, 1.807) is 0 Å². The van der Waals surface area contributed by atoms with Crippen molar-refractivity contribution >= 4 is 49.8 Å². The number of anilines is 1. The van der Waals surface area contributed by atoms with E-state index in [1.807, 2.05) is 0 Å². The van der Waals surface area contributed by atoms with Gasteiger partial charge in [0, 0.05) is 18.6 Å². The zero-order chi connectivity index (χ0) is 26.7. The largest absolute Gasteiger partial charge is 0.473 e. The molecule has 0 aliphatic heterocycles. The van der Waals surface area contributed by atoms with Gasteiger partial charge in [0.05, 0.1) is 20.5 Å². The van der Waals surface area contributed by atoms with Crippen molar-refractivity contribution in [2.75, 3.05) is 5.32 Å². The highest BCUT2D eigenvalue weighted by molar-refractivity contribution is 7.92. The van der Waals surface area contributed by atoms with Crippen LogP contribution in [0.1, 0.15) is 44.3 Å². The molecule has 2 aromatic carbocycles. The molecule has 0 spiro atoms. The van der Waals surface area contributed by atoms with Gasteiger partial charge in [0.25, 0.3) is 5.91 Å². The van der Waals surface area contributed by atoms with E-state index in [9.17, 15) is 26.8 Å². The summed E-state index contributed by atoms with van der Waals surface area (Å²) in [6.45, 7) is 1.19. The van der Waals surface area contributed by atoms with Crippen LogP contribution in [0.2, 0.25) is 5.02 Å². The Bertz CT molecular complexity index is 1440. The summed E-state index contributed by atoms with van der Waals surface area (Å²) < 4.78 is 64.3. The maximum Gasteiger partial charge on any atom is 0.309 e. The highest BCUT2D eigenvalue weighted by Gasteiger charge is 2.33. The Morgan fingerprint density at radius 3 is 2.54 bits per heavy atom. The standard InChI is InChI=1S/C24H21ClF2N2O6S2/c1-13(30)34-21-12-36-24(28-21)29-23(31)22(35-19-8-7-15(26)11-18(19)27)14-6-9-20(17(25)10-14)37(32,33)16-4-2-3-5-16/h6-12,16,22H,2-5H2,1H3,(H,28,29,31). The molecule has 196 valence electrons. The van der Waals surface area contributed by atoms with Gasteiger partial charge in [-0.15, -0.1) is 11.3 Å². The monoisotopic (exact) mass is 570 g/mol. The topological polar surface area (TPSA) is 112 Å². The van der Waals surface area contributed by atoms with Gasteiger partial charge in [-0.05, 0) is 37.1 Å². The van der Waals surface area contributed by atoms with Crippen LogP contribution in [0.25, 0.3) is 0 Å². The van der Waals surface area contributed by atoms with E-state index in [1.165, 1.54) is 30.5 Å². The highest BCUT2D eigenvalue weighted by atomic mass is 35.5. The van der Waals surface area contributed by atoms with Gasteiger partial charge in [-0.1, -0.05) is 30.5 Å². The van der Waals surface area contributed by atoms with E-state index < -0.39 is 50.5 Å². The molecular formula is C24H21ClF2N2O6S2. The van der Waals surface area contributed by atoms with Crippen LogP contribution in [0.3, 0.4) is 0 Å². The number of hydrogen-bond acceptors (Lipinski definition) is 8. The molecule has 0 radical (unpaired) electrons. The summed E-state index contributed by atoms with van der Waals surface area (Å²) >= 11 is 7.32. The van der Waals surface area contributed by atoms with Gasteiger partial charge in [0.15, 0.2) is 26.5 Å². The molecule has 1 aliphatic carbocycles. The lowest BCUT2D eigenvalue weighted by atomic mass is 10.1. The summed E-state index contributed by atoms with van der Waals surface area (Å²) in [5, 5.41) is 3.29. The smallest absolute Gasteiger partial charge is 0.309 e. The van der Waals surface area contributed by atoms with E-state index in [4.69, 9.17) is 21.1 Å². The van der Waals surface area contributed by atoms with E-state index >= 15 is 0 Å². The van der Waals surface area contributed by atoms with Crippen LogP contribution in [0.15, 0.2) is 46.7 Å². The van der Waals surface area contributed by atoms with Crippen LogP contribution in [-0.4, -0.2) is 30.5 Å². The summed E-state index contributed by atoms with van der Waals surface area (Å²) in [5.41, 5.74) is 0.119. The predicted molar refractivity (Wildman–Crippen MR) is 133 cm³/mol. The maximum absolute atomic E-state index is 14.4. The maximum atomic E-state index is 14.4. The molecule has 1 fully saturated rings. The van der Waals surface area contributed by atoms with E-state index in [2.05, 4.69) is 10.3 Å². The number of carbonyl (C=O) groups excluding carboxylic acids is 2. The van der Waals surface area contributed by atoms with Crippen LogP contribution in [-0.2, 0) is 19.4 Å². The SMILES string of the molecule is CC(=O)Oc1csc(NC(=O)C(Oc2ccc(F)cc2F)c2ccc(S(=O)(=O)C3CCCC3)c(Cl)c2)n1. The molecule has 1 aliphatic rings. The van der Waals surface area contributed by atoms with Crippen molar-refractivity contribution in [3.8, 4) is 11.6 Å². The molecule has 4 rings (SSSR count). The van der Waals surface area contributed by atoms with Crippen LogP contribution >= 0.6 is 22.9 Å². The fourth-order valence-electron chi connectivity index (χ4n) is 3.94. The molecule has 1 aromatic heterocycles. The molecule has 13 heteroatoms. The Labute approximate surface area is 220 Å². The second-order valence-electron chi connectivity index (χ2n) is 8.29. The first-order valence-corrected chi connectivity index (χ1v) is 13.9. The molecule has 1 N–H and O–H groups in total. The summed E-state index contributed by atoms with van der Waals surface area (Å²) in [7, 11) is -3.68. The number of nitrogens with zero attached hydrogens (tertiary/aromatic N) is 1. The van der Waals surface area contributed by atoms with Crippen LogP contribution in [0.5, 0.6) is 11.6 Å². The Morgan fingerprint density at radius 2 is 1.89 bits per heavy atom. The summed E-state index contributed by atoms with van der Waals surface area (Å²) in [6, 6.07) is 6.49. The molecule has 37 heavy (non-hydrogen) atoms. The third-order valence-electron chi connectivity index (χ3n) is 5.64. The van der Waals surface area contributed by atoms with Gasteiger partial charge >= 0.3 is 5.97 Å². The second kappa shape index (κ2) is 11.1. The normalized spacial score (nSPS) is 14.8. The molecule has 1 atom stereocenters. The van der Waals surface area contributed by atoms with Crippen LogP contribution < -0.4 is 14.8 Å². The number of thiazole rings is 1. The molecule has 1 unspecified atom stereocenters. The predicted octanol–water partition coefficient (Wildman–Crippen LogP) is 5.48. The minimum atomic E-state index is -3.68. The number of benzene rings is 2. The minimum absolute atomic E-state index is 0.0284. The zero-order valence-electron chi connectivity index (χ0n) is 19.4. The number of amides is 1. The molecule has 1 saturated carbocycles. The zero-order valence-corrected chi connectivity index (χ0v) is 21.8. The van der Waals surface area contributed by atoms with Gasteiger partial charge < -0.3 is 9.47 Å². The minimum Gasteiger partial charge on any atom is -0.473 e. The number of sulfone groups is 1. The molecular weight excluding hydrogens is 550 g/mol. The summed E-state index contributed by atoms with van der Waals surface area (Å²) in [5.74, 6) is -3.74. The first-order chi connectivity index (χ1) is 17.5.